The summed E-state index contributed by atoms with van der Waals surface area (Å²) in [7, 11) is 0. The monoisotopic (exact) mass is 163 g/mol. The molecule has 0 aliphatic carbocycles. The third-order valence-corrected chi connectivity index (χ3v) is 1.84. The van der Waals surface area contributed by atoms with Crippen molar-refractivity contribution in [3.05, 3.63) is 0 Å². The topological polar surface area (TPSA) is 29.5 Å². The molecule has 0 aromatic heterocycles. The molecule has 1 amide bonds. The van der Waals surface area contributed by atoms with Gasteiger partial charge in [-0.1, -0.05) is 11.6 Å². The lowest BCUT2D eigenvalue weighted by Crippen LogP contribution is -2.44. The number of halogens is 1. The van der Waals surface area contributed by atoms with Crippen LogP contribution in [0.15, 0.2) is 0 Å². The molecule has 0 radical (unpaired) electrons. The average Bonchev–Trinajstić information content (AvgIpc) is 1.88. The highest BCUT2D eigenvalue weighted by molar-refractivity contribution is 6.21. The van der Waals surface area contributed by atoms with Crippen LogP contribution in [0, 0.1) is 0 Å². The van der Waals surface area contributed by atoms with E-state index in [4.69, 9.17) is 16.3 Å². The van der Waals surface area contributed by atoms with Crippen molar-refractivity contribution in [3.63, 3.8) is 0 Å². The van der Waals surface area contributed by atoms with E-state index in [1.165, 1.54) is 6.92 Å². The molecule has 1 aliphatic heterocycles. The molecule has 10 heavy (non-hydrogen) atoms. The second-order valence-electron chi connectivity index (χ2n) is 2.22. The Morgan fingerprint density at radius 2 is 2.50 bits per heavy atom. The van der Waals surface area contributed by atoms with Crippen molar-refractivity contribution in [2.24, 2.45) is 0 Å². The Labute approximate surface area is 64.9 Å². The van der Waals surface area contributed by atoms with Crippen molar-refractivity contribution in [1.29, 1.82) is 0 Å². The van der Waals surface area contributed by atoms with E-state index in [1.807, 2.05) is 0 Å². The minimum absolute atomic E-state index is 0.0169. The molecule has 0 bridgehead atoms. The molecule has 4 heteroatoms. The van der Waals surface area contributed by atoms with Crippen molar-refractivity contribution < 1.29 is 9.53 Å². The molecule has 1 heterocycles. The van der Waals surface area contributed by atoms with Crippen LogP contribution in [0.5, 0.6) is 0 Å². The lowest BCUT2D eigenvalue weighted by atomic mass is 10.4. The van der Waals surface area contributed by atoms with Crippen molar-refractivity contribution in [2.75, 3.05) is 19.8 Å². The van der Waals surface area contributed by atoms with Crippen LogP contribution >= 0.6 is 11.6 Å². The van der Waals surface area contributed by atoms with Gasteiger partial charge in [-0.25, -0.2) is 0 Å². The van der Waals surface area contributed by atoms with Crippen LogP contribution in [0.4, 0.5) is 0 Å². The number of rotatable bonds is 0. The fraction of sp³-hybridized carbons (Fsp3) is 0.833. The van der Waals surface area contributed by atoms with Crippen LogP contribution in [0.2, 0.25) is 0 Å². The highest BCUT2D eigenvalue weighted by atomic mass is 35.5. The lowest BCUT2D eigenvalue weighted by Gasteiger charge is -2.30. The van der Waals surface area contributed by atoms with Crippen molar-refractivity contribution in [1.82, 2.24) is 4.90 Å². The van der Waals surface area contributed by atoms with Crippen LogP contribution < -0.4 is 0 Å². The number of nitrogens with zero attached hydrogens (tertiary/aromatic N) is 1. The van der Waals surface area contributed by atoms with Crippen LogP contribution in [-0.4, -0.2) is 36.1 Å². The smallest absolute Gasteiger partial charge is 0.220 e. The molecule has 1 saturated heterocycles. The first kappa shape index (κ1) is 7.82. The van der Waals surface area contributed by atoms with Crippen molar-refractivity contribution in [2.45, 2.75) is 12.4 Å². The number of hydrogen-bond acceptors (Lipinski definition) is 2. The molecule has 1 unspecified atom stereocenters. The molecule has 0 spiro atoms. The van der Waals surface area contributed by atoms with Gasteiger partial charge >= 0.3 is 0 Å². The molecule has 0 aromatic carbocycles. The first-order valence-corrected chi connectivity index (χ1v) is 3.64. The van der Waals surface area contributed by atoms with E-state index >= 15 is 0 Å². The van der Waals surface area contributed by atoms with Gasteiger partial charge in [0.1, 0.15) is 5.50 Å². The first-order valence-electron chi connectivity index (χ1n) is 3.21. The molecule has 1 fully saturated rings. The molecule has 58 valence electrons. The van der Waals surface area contributed by atoms with E-state index in [0.717, 1.165) is 0 Å². The van der Waals surface area contributed by atoms with Gasteiger partial charge in [-0.15, -0.1) is 0 Å². The summed E-state index contributed by atoms with van der Waals surface area (Å²) in [4.78, 5) is 12.4. The number of morpholine rings is 1. The van der Waals surface area contributed by atoms with E-state index in [0.29, 0.717) is 19.8 Å². The second kappa shape index (κ2) is 3.21. The number of carbonyl (C=O) groups is 1. The zero-order valence-corrected chi connectivity index (χ0v) is 6.60. The molecule has 1 rings (SSSR count). The van der Waals surface area contributed by atoms with Crippen LogP contribution in [0.1, 0.15) is 6.92 Å². The minimum Gasteiger partial charge on any atom is -0.376 e. The summed E-state index contributed by atoms with van der Waals surface area (Å²) < 4.78 is 5.04. The highest BCUT2D eigenvalue weighted by Crippen LogP contribution is 2.09. The minimum atomic E-state index is -0.272. The summed E-state index contributed by atoms with van der Waals surface area (Å²) in [5.41, 5.74) is -0.272. The number of carbonyl (C=O) groups excluding carboxylic acids is 1. The van der Waals surface area contributed by atoms with Crippen LogP contribution in [0.3, 0.4) is 0 Å². The predicted octanol–water partition coefficient (Wildman–Crippen LogP) is 0.430. The van der Waals surface area contributed by atoms with Gasteiger partial charge in [-0.2, -0.15) is 0 Å². The third-order valence-electron chi connectivity index (χ3n) is 1.47. The van der Waals surface area contributed by atoms with Gasteiger partial charge in [0.2, 0.25) is 5.91 Å². The fourth-order valence-electron chi connectivity index (χ4n) is 0.928. The zero-order valence-electron chi connectivity index (χ0n) is 5.84. The van der Waals surface area contributed by atoms with E-state index in [2.05, 4.69) is 0 Å². The van der Waals surface area contributed by atoms with Gasteiger partial charge < -0.3 is 9.64 Å². The van der Waals surface area contributed by atoms with Gasteiger partial charge in [0.25, 0.3) is 0 Å². The standard InChI is InChI=1S/C6H10ClNO2/c1-5(9)8-2-3-10-4-6(8)7/h6H,2-4H2,1H3. The largest absolute Gasteiger partial charge is 0.376 e. The predicted molar refractivity (Wildman–Crippen MR) is 37.8 cm³/mol. The summed E-state index contributed by atoms with van der Waals surface area (Å²) in [5.74, 6) is 0.0169. The van der Waals surface area contributed by atoms with E-state index < -0.39 is 0 Å². The van der Waals surface area contributed by atoms with Gasteiger partial charge in [-0.05, 0) is 0 Å². The Morgan fingerprint density at radius 1 is 1.80 bits per heavy atom. The van der Waals surface area contributed by atoms with Crippen molar-refractivity contribution >= 4 is 17.5 Å². The Balaban J connectivity index is 2.47. The SMILES string of the molecule is CC(=O)N1CCOCC1Cl. The first-order chi connectivity index (χ1) is 4.72. The number of alkyl halides is 1. The summed E-state index contributed by atoms with van der Waals surface area (Å²) in [6.45, 7) is 3.17. The molecule has 3 nitrogen and oxygen atoms in total. The van der Waals surface area contributed by atoms with Crippen molar-refractivity contribution in [3.8, 4) is 0 Å². The van der Waals surface area contributed by atoms with Gasteiger partial charge in [0.15, 0.2) is 0 Å². The number of hydrogen-bond donors (Lipinski definition) is 0. The Bertz CT molecular complexity index is 140. The molecular weight excluding hydrogens is 154 g/mol. The van der Waals surface area contributed by atoms with Gasteiger partial charge in [0.05, 0.1) is 13.2 Å². The van der Waals surface area contributed by atoms with E-state index in [-0.39, 0.29) is 11.4 Å². The second-order valence-corrected chi connectivity index (χ2v) is 2.73. The molecular formula is C6H10ClNO2. The molecule has 0 saturated carbocycles. The third kappa shape index (κ3) is 1.61. The Hall–Kier alpha value is -0.280. The molecule has 0 aromatic rings. The number of amides is 1. The van der Waals surface area contributed by atoms with Crippen LogP contribution in [-0.2, 0) is 9.53 Å². The molecule has 1 aliphatic rings. The highest BCUT2D eigenvalue weighted by Gasteiger charge is 2.21. The van der Waals surface area contributed by atoms with Crippen LogP contribution in [0.25, 0.3) is 0 Å². The van der Waals surface area contributed by atoms with E-state index in [1.54, 1.807) is 4.90 Å². The maximum absolute atomic E-state index is 10.8. The van der Waals surface area contributed by atoms with Gasteiger partial charge in [-0.3, -0.25) is 4.79 Å². The maximum atomic E-state index is 10.8. The average molecular weight is 164 g/mol. The molecule has 1 atom stereocenters. The normalized spacial score (nSPS) is 26.6. The quantitative estimate of drug-likeness (QED) is 0.383. The summed E-state index contributed by atoms with van der Waals surface area (Å²) in [5, 5.41) is 0. The molecule has 0 N–H and O–H groups in total. The van der Waals surface area contributed by atoms with E-state index in [9.17, 15) is 4.79 Å². The maximum Gasteiger partial charge on any atom is 0.220 e. The van der Waals surface area contributed by atoms with Gasteiger partial charge in [0, 0.05) is 13.5 Å². The lowest BCUT2D eigenvalue weighted by molar-refractivity contribution is -0.134. The summed E-state index contributed by atoms with van der Waals surface area (Å²) >= 11 is 5.76. The zero-order chi connectivity index (χ0) is 7.56. The Kier molecular flexibility index (Phi) is 2.51. The Morgan fingerprint density at radius 3 is 2.90 bits per heavy atom. The summed E-state index contributed by atoms with van der Waals surface area (Å²) in [6.07, 6.45) is 0. The summed E-state index contributed by atoms with van der Waals surface area (Å²) in [6, 6.07) is 0. The fourth-order valence-corrected chi connectivity index (χ4v) is 1.25. The number of ether oxygens (including phenoxy) is 1.